The molecule has 1 saturated heterocycles. The molecular formula is C15H22BrN3O. The zero-order chi connectivity index (χ0) is 14.1. The van der Waals surface area contributed by atoms with Crippen molar-refractivity contribution in [1.82, 2.24) is 10.3 Å². The molecule has 5 heteroatoms. The molecule has 0 amide bonds. The predicted octanol–water partition coefficient (Wildman–Crippen LogP) is 2.71. The lowest BCUT2D eigenvalue weighted by atomic mass is 10.2. The number of aromatic nitrogens is 1. The highest BCUT2D eigenvalue weighted by molar-refractivity contribution is 9.10. The number of anilines is 1. The maximum atomic E-state index is 5.82. The van der Waals surface area contributed by atoms with Crippen molar-refractivity contribution in [3.63, 3.8) is 0 Å². The Morgan fingerprint density at radius 2 is 2.05 bits per heavy atom. The van der Waals surface area contributed by atoms with Crippen LogP contribution in [0.2, 0.25) is 0 Å². The van der Waals surface area contributed by atoms with Gasteiger partial charge in [0.25, 0.3) is 0 Å². The SMILES string of the molecule is CC1CN(c2ncc(Br)cc2CNC2CC2)CC(C)O1. The first-order valence-electron chi connectivity index (χ1n) is 7.40. The molecule has 3 rings (SSSR count). The van der Waals surface area contributed by atoms with E-state index in [1.807, 2.05) is 6.20 Å². The maximum absolute atomic E-state index is 5.82. The predicted molar refractivity (Wildman–Crippen MR) is 84.0 cm³/mol. The van der Waals surface area contributed by atoms with Crippen LogP contribution in [0.15, 0.2) is 16.7 Å². The second-order valence-electron chi connectivity index (χ2n) is 5.95. The summed E-state index contributed by atoms with van der Waals surface area (Å²) in [5.74, 6) is 1.10. The normalized spacial score (nSPS) is 26.9. The summed E-state index contributed by atoms with van der Waals surface area (Å²) in [7, 11) is 0. The molecule has 2 fully saturated rings. The van der Waals surface area contributed by atoms with Crippen LogP contribution in [0.25, 0.3) is 0 Å². The molecule has 0 radical (unpaired) electrons. The van der Waals surface area contributed by atoms with E-state index in [9.17, 15) is 0 Å². The van der Waals surface area contributed by atoms with Gasteiger partial charge in [-0.3, -0.25) is 0 Å². The number of pyridine rings is 1. The van der Waals surface area contributed by atoms with E-state index >= 15 is 0 Å². The molecule has 2 aliphatic rings. The van der Waals surface area contributed by atoms with Crippen molar-refractivity contribution in [2.45, 2.75) is 51.5 Å². The number of nitrogens with one attached hydrogen (secondary N) is 1. The van der Waals surface area contributed by atoms with Gasteiger partial charge in [-0.2, -0.15) is 0 Å². The molecule has 1 aliphatic carbocycles. The lowest BCUT2D eigenvalue weighted by Crippen LogP contribution is -2.46. The molecule has 2 unspecified atom stereocenters. The fraction of sp³-hybridized carbons (Fsp3) is 0.667. The minimum atomic E-state index is 0.258. The van der Waals surface area contributed by atoms with E-state index in [0.717, 1.165) is 29.9 Å². The Hall–Kier alpha value is -0.650. The molecule has 0 bridgehead atoms. The van der Waals surface area contributed by atoms with Crippen molar-refractivity contribution in [1.29, 1.82) is 0 Å². The number of morpholine rings is 1. The van der Waals surface area contributed by atoms with Crippen molar-refractivity contribution in [2.75, 3.05) is 18.0 Å². The van der Waals surface area contributed by atoms with Crippen molar-refractivity contribution >= 4 is 21.7 Å². The largest absolute Gasteiger partial charge is 0.372 e. The number of hydrogen-bond acceptors (Lipinski definition) is 4. The van der Waals surface area contributed by atoms with Crippen molar-refractivity contribution in [3.8, 4) is 0 Å². The van der Waals surface area contributed by atoms with Crippen LogP contribution in [-0.4, -0.2) is 36.3 Å². The van der Waals surface area contributed by atoms with Crippen LogP contribution in [-0.2, 0) is 11.3 Å². The molecule has 2 heterocycles. The molecule has 1 aromatic heterocycles. The number of rotatable bonds is 4. The molecule has 1 N–H and O–H groups in total. The fourth-order valence-corrected chi connectivity index (χ4v) is 3.16. The summed E-state index contributed by atoms with van der Waals surface area (Å²) in [5, 5.41) is 3.58. The van der Waals surface area contributed by atoms with Crippen LogP contribution in [0.5, 0.6) is 0 Å². The number of nitrogens with zero attached hydrogens (tertiary/aromatic N) is 2. The number of ether oxygens (including phenoxy) is 1. The van der Waals surface area contributed by atoms with Gasteiger partial charge in [0, 0.05) is 41.9 Å². The van der Waals surface area contributed by atoms with Gasteiger partial charge in [0.15, 0.2) is 0 Å². The summed E-state index contributed by atoms with van der Waals surface area (Å²) >= 11 is 3.53. The van der Waals surface area contributed by atoms with E-state index in [1.54, 1.807) is 0 Å². The second-order valence-corrected chi connectivity index (χ2v) is 6.87. The number of halogens is 1. The molecule has 0 aromatic carbocycles. The zero-order valence-electron chi connectivity index (χ0n) is 12.1. The lowest BCUT2D eigenvalue weighted by Gasteiger charge is -2.37. The van der Waals surface area contributed by atoms with Gasteiger partial charge in [-0.25, -0.2) is 4.98 Å². The summed E-state index contributed by atoms with van der Waals surface area (Å²) in [6.45, 7) is 6.98. The smallest absolute Gasteiger partial charge is 0.133 e. The zero-order valence-corrected chi connectivity index (χ0v) is 13.7. The highest BCUT2D eigenvalue weighted by Crippen LogP contribution is 2.26. The Bertz CT molecular complexity index is 468. The molecule has 1 aromatic rings. The quantitative estimate of drug-likeness (QED) is 0.915. The first-order valence-corrected chi connectivity index (χ1v) is 8.19. The third-order valence-electron chi connectivity index (χ3n) is 3.79. The summed E-state index contributed by atoms with van der Waals surface area (Å²) in [5.41, 5.74) is 1.27. The van der Waals surface area contributed by atoms with Crippen LogP contribution < -0.4 is 10.2 Å². The van der Waals surface area contributed by atoms with E-state index in [2.05, 4.69) is 51.0 Å². The standard InChI is InChI=1S/C15H22BrN3O/c1-10-8-19(9-11(2)20-10)15-12(5-13(16)7-18-15)6-17-14-3-4-14/h5,7,10-11,14,17H,3-4,6,8-9H2,1-2H3. The van der Waals surface area contributed by atoms with E-state index < -0.39 is 0 Å². The average molecular weight is 340 g/mol. The van der Waals surface area contributed by atoms with Crippen LogP contribution >= 0.6 is 15.9 Å². The highest BCUT2D eigenvalue weighted by atomic mass is 79.9. The van der Waals surface area contributed by atoms with Gasteiger partial charge in [-0.1, -0.05) is 0 Å². The number of hydrogen-bond donors (Lipinski definition) is 1. The summed E-state index contributed by atoms with van der Waals surface area (Å²) in [4.78, 5) is 7.01. The third kappa shape index (κ3) is 3.51. The maximum Gasteiger partial charge on any atom is 0.133 e. The monoisotopic (exact) mass is 339 g/mol. The topological polar surface area (TPSA) is 37.4 Å². The van der Waals surface area contributed by atoms with Gasteiger partial charge in [0.05, 0.1) is 12.2 Å². The Morgan fingerprint density at radius 1 is 1.35 bits per heavy atom. The minimum Gasteiger partial charge on any atom is -0.372 e. The van der Waals surface area contributed by atoms with Crippen molar-refractivity contribution < 1.29 is 4.74 Å². The van der Waals surface area contributed by atoms with E-state index in [1.165, 1.54) is 18.4 Å². The van der Waals surface area contributed by atoms with Gasteiger partial charge in [-0.05, 0) is 48.7 Å². The van der Waals surface area contributed by atoms with Gasteiger partial charge in [-0.15, -0.1) is 0 Å². The third-order valence-corrected chi connectivity index (χ3v) is 4.22. The molecule has 0 spiro atoms. The molecule has 110 valence electrons. The van der Waals surface area contributed by atoms with E-state index in [0.29, 0.717) is 6.04 Å². The Labute approximate surface area is 129 Å². The Kier molecular flexibility index (Phi) is 4.29. The van der Waals surface area contributed by atoms with Gasteiger partial charge in [0.1, 0.15) is 5.82 Å². The van der Waals surface area contributed by atoms with Crippen molar-refractivity contribution in [2.24, 2.45) is 0 Å². The minimum absolute atomic E-state index is 0.258. The molecule has 1 saturated carbocycles. The summed E-state index contributed by atoms with van der Waals surface area (Å²) < 4.78 is 6.86. The van der Waals surface area contributed by atoms with Crippen LogP contribution in [0, 0.1) is 0 Å². The van der Waals surface area contributed by atoms with Crippen LogP contribution in [0.1, 0.15) is 32.3 Å². The molecule has 4 nitrogen and oxygen atoms in total. The summed E-state index contributed by atoms with van der Waals surface area (Å²) in [6.07, 6.45) is 5.02. The highest BCUT2D eigenvalue weighted by Gasteiger charge is 2.26. The van der Waals surface area contributed by atoms with Crippen molar-refractivity contribution in [3.05, 3.63) is 22.3 Å². The van der Waals surface area contributed by atoms with Gasteiger partial charge in [0.2, 0.25) is 0 Å². The molecule has 2 atom stereocenters. The van der Waals surface area contributed by atoms with E-state index in [-0.39, 0.29) is 12.2 Å². The molecule has 20 heavy (non-hydrogen) atoms. The molecule has 1 aliphatic heterocycles. The average Bonchev–Trinajstić information content (AvgIpc) is 3.19. The Morgan fingerprint density at radius 3 is 2.70 bits per heavy atom. The Balaban J connectivity index is 1.79. The summed E-state index contributed by atoms with van der Waals surface area (Å²) in [6, 6.07) is 2.90. The van der Waals surface area contributed by atoms with Gasteiger partial charge < -0.3 is 15.0 Å². The fourth-order valence-electron chi connectivity index (χ4n) is 2.78. The van der Waals surface area contributed by atoms with E-state index in [4.69, 9.17) is 4.74 Å². The van der Waals surface area contributed by atoms with Gasteiger partial charge >= 0.3 is 0 Å². The second kappa shape index (κ2) is 6.00. The first-order chi connectivity index (χ1) is 9.61. The lowest BCUT2D eigenvalue weighted by molar-refractivity contribution is -0.00551. The van der Waals surface area contributed by atoms with Crippen LogP contribution in [0.4, 0.5) is 5.82 Å². The first kappa shape index (κ1) is 14.3. The molecular weight excluding hydrogens is 318 g/mol. The van der Waals surface area contributed by atoms with Crippen LogP contribution in [0.3, 0.4) is 0 Å².